The van der Waals surface area contributed by atoms with E-state index in [1.54, 1.807) is 13.0 Å². The van der Waals surface area contributed by atoms with Gasteiger partial charge in [-0.1, -0.05) is 5.16 Å². The average Bonchev–Trinajstić information content (AvgIpc) is 2.84. The molecule has 1 fully saturated rings. The number of carbonyl (C=O) groups is 1. The average molecular weight is 280 g/mol. The van der Waals surface area contributed by atoms with Gasteiger partial charge in [0.1, 0.15) is 5.76 Å². The topological polar surface area (TPSA) is 70.4 Å². The molecule has 0 unspecified atom stereocenters. The van der Waals surface area contributed by atoms with Crippen molar-refractivity contribution in [2.45, 2.75) is 44.7 Å². The Morgan fingerprint density at radius 2 is 2.15 bits per heavy atom. The van der Waals surface area contributed by atoms with Crippen LogP contribution in [-0.2, 0) is 4.79 Å². The molecule has 2 N–H and O–H groups in total. The highest BCUT2D eigenvalue weighted by atomic mass is 16.5. The van der Waals surface area contributed by atoms with Gasteiger partial charge in [-0.2, -0.15) is 0 Å². The Bertz CT molecular complexity index is 438. The lowest BCUT2D eigenvalue weighted by molar-refractivity contribution is -0.117. The molecule has 1 aromatic rings. The van der Waals surface area contributed by atoms with Crippen molar-refractivity contribution in [3.63, 3.8) is 0 Å². The van der Waals surface area contributed by atoms with Crippen LogP contribution in [0.5, 0.6) is 0 Å². The fourth-order valence-corrected chi connectivity index (χ4v) is 2.77. The summed E-state index contributed by atoms with van der Waals surface area (Å²) in [7, 11) is 4.03. The Morgan fingerprint density at radius 1 is 1.45 bits per heavy atom. The van der Waals surface area contributed by atoms with Crippen molar-refractivity contribution in [2.24, 2.45) is 0 Å². The number of likely N-dealkylation sites (N-methyl/N-ethyl adjacent to an activating group) is 1. The third-order valence-electron chi connectivity index (χ3n) is 4.02. The summed E-state index contributed by atoms with van der Waals surface area (Å²) in [4.78, 5) is 14.1. The zero-order valence-corrected chi connectivity index (χ0v) is 12.5. The second kappa shape index (κ2) is 6.85. The van der Waals surface area contributed by atoms with Crippen LogP contribution >= 0.6 is 0 Å². The third kappa shape index (κ3) is 4.05. The van der Waals surface area contributed by atoms with Crippen molar-refractivity contribution >= 4 is 11.7 Å². The molecule has 20 heavy (non-hydrogen) atoms. The molecule has 6 nitrogen and oxygen atoms in total. The van der Waals surface area contributed by atoms with Crippen LogP contribution in [0.2, 0.25) is 0 Å². The summed E-state index contributed by atoms with van der Waals surface area (Å²) in [6.07, 6.45) is 4.63. The van der Waals surface area contributed by atoms with Gasteiger partial charge in [-0.15, -0.1) is 0 Å². The minimum absolute atomic E-state index is 0.0449. The summed E-state index contributed by atoms with van der Waals surface area (Å²) in [6, 6.07) is 2.84. The Hall–Kier alpha value is -1.40. The van der Waals surface area contributed by atoms with E-state index in [0.29, 0.717) is 30.2 Å². The number of aryl methyl sites for hydroxylation is 1. The number of nitrogens with zero attached hydrogens (tertiary/aromatic N) is 2. The highest BCUT2D eigenvalue weighted by Crippen LogP contribution is 2.22. The Morgan fingerprint density at radius 3 is 2.70 bits per heavy atom. The molecule has 1 aliphatic rings. The summed E-state index contributed by atoms with van der Waals surface area (Å²) in [5.41, 5.74) is 0. The maximum atomic E-state index is 11.9. The quantitative estimate of drug-likeness (QED) is 0.853. The lowest BCUT2D eigenvalue weighted by Crippen LogP contribution is -2.42. The lowest BCUT2D eigenvalue weighted by Gasteiger charge is -2.34. The monoisotopic (exact) mass is 280 g/mol. The molecule has 0 bridgehead atoms. The lowest BCUT2D eigenvalue weighted by atomic mass is 9.90. The van der Waals surface area contributed by atoms with Crippen LogP contribution in [0, 0.1) is 6.92 Å². The highest BCUT2D eigenvalue weighted by molar-refractivity contribution is 5.91. The number of carbonyl (C=O) groups excluding carboxylic acids is 1. The first-order valence-electron chi connectivity index (χ1n) is 7.19. The van der Waals surface area contributed by atoms with Gasteiger partial charge in [0.2, 0.25) is 5.91 Å². The zero-order valence-electron chi connectivity index (χ0n) is 12.5. The third-order valence-corrected chi connectivity index (χ3v) is 4.02. The maximum absolute atomic E-state index is 11.9. The molecular formula is C14H24N4O2. The smallest absolute Gasteiger partial charge is 0.239 e. The van der Waals surface area contributed by atoms with Crippen molar-refractivity contribution < 1.29 is 9.32 Å². The summed E-state index contributed by atoms with van der Waals surface area (Å²) >= 11 is 0. The van der Waals surface area contributed by atoms with E-state index in [4.69, 9.17) is 4.52 Å². The van der Waals surface area contributed by atoms with E-state index in [9.17, 15) is 4.79 Å². The standard InChI is InChI=1S/C14H24N4O2/c1-10-8-13(17-20-10)16-14(19)9-18(3)12-6-4-11(15-2)5-7-12/h8,11-12,15H,4-7,9H2,1-3H3,(H,16,17,19). The highest BCUT2D eigenvalue weighted by Gasteiger charge is 2.24. The number of rotatable bonds is 5. The van der Waals surface area contributed by atoms with Crippen molar-refractivity contribution in [2.75, 3.05) is 26.0 Å². The molecular weight excluding hydrogens is 256 g/mol. The van der Waals surface area contributed by atoms with Crippen molar-refractivity contribution in [3.05, 3.63) is 11.8 Å². The normalized spacial score (nSPS) is 23.0. The first-order chi connectivity index (χ1) is 9.58. The summed E-state index contributed by atoms with van der Waals surface area (Å²) < 4.78 is 4.93. The molecule has 112 valence electrons. The minimum Gasteiger partial charge on any atom is -0.360 e. The molecule has 0 atom stereocenters. The maximum Gasteiger partial charge on any atom is 0.239 e. The first-order valence-corrected chi connectivity index (χ1v) is 7.19. The van der Waals surface area contributed by atoms with Crippen molar-refractivity contribution in [1.82, 2.24) is 15.4 Å². The minimum atomic E-state index is -0.0449. The van der Waals surface area contributed by atoms with Gasteiger partial charge in [0.15, 0.2) is 5.82 Å². The Labute approximate surface area is 119 Å². The van der Waals surface area contributed by atoms with Crippen molar-refractivity contribution in [1.29, 1.82) is 0 Å². The summed E-state index contributed by atoms with van der Waals surface area (Å²) in [5.74, 6) is 1.13. The van der Waals surface area contributed by atoms with E-state index >= 15 is 0 Å². The fraction of sp³-hybridized carbons (Fsp3) is 0.714. The van der Waals surface area contributed by atoms with E-state index in [2.05, 4.69) is 20.7 Å². The Balaban J connectivity index is 1.76. The molecule has 1 aromatic heterocycles. The van der Waals surface area contributed by atoms with Crippen LogP contribution in [0.3, 0.4) is 0 Å². The van der Waals surface area contributed by atoms with Gasteiger partial charge in [0.25, 0.3) is 0 Å². The molecule has 1 heterocycles. The molecule has 0 aliphatic heterocycles. The Kier molecular flexibility index (Phi) is 5.14. The zero-order chi connectivity index (χ0) is 14.5. The second-order valence-corrected chi connectivity index (χ2v) is 5.58. The molecule has 6 heteroatoms. The molecule has 1 amide bonds. The second-order valence-electron chi connectivity index (χ2n) is 5.58. The van der Waals surface area contributed by atoms with Crippen LogP contribution < -0.4 is 10.6 Å². The number of aromatic nitrogens is 1. The largest absolute Gasteiger partial charge is 0.360 e. The van der Waals surface area contributed by atoms with Gasteiger partial charge >= 0.3 is 0 Å². The van der Waals surface area contributed by atoms with Gasteiger partial charge < -0.3 is 15.2 Å². The van der Waals surface area contributed by atoms with Gasteiger partial charge in [-0.25, -0.2) is 0 Å². The number of nitrogens with one attached hydrogen (secondary N) is 2. The predicted molar refractivity (Wildman–Crippen MR) is 77.6 cm³/mol. The van der Waals surface area contributed by atoms with Gasteiger partial charge in [-0.05, 0) is 46.7 Å². The fourth-order valence-electron chi connectivity index (χ4n) is 2.77. The van der Waals surface area contributed by atoms with E-state index in [1.165, 1.54) is 12.8 Å². The van der Waals surface area contributed by atoms with Gasteiger partial charge in [0, 0.05) is 18.2 Å². The van der Waals surface area contributed by atoms with Crippen LogP contribution in [0.1, 0.15) is 31.4 Å². The van der Waals surface area contributed by atoms with Crippen LogP contribution in [0.25, 0.3) is 0 Å². The van der Waals surface area contributed by atoms with E-state index < -0.39 is 0 Å². The molecule has 1 saturated carbocycles. The van der Waals surface area contributed by atoms with Crippen LogP contribution in [0.4, 0.5) is 5.82 Å². The summed E-state index contributed by atoms with van der Waals surface area (Å²) in [5, 5.41) is 9.84. The van der Waals surface area contributed by atoms with Gasteiger partial charge in [-0.3, -0.25) is 9.69 Å². The van der Waals surface area contributed by atoms with Crippen LogP contribution in [0.15, 0.2) is 10.6 Å². The van der Waals surface area contributed by atoms with Crippen LogP contribution in [-0.4, -0.2) is 48.7 Å². The van der Waals surface area contributed by atoms with E-state index in [-0.39, 0.29) is 5.91 Å². The molecule has 1 aliphatic carbocycles. The summed E-state index contributed by atoms with van der Waals surface area (Å²) in [6.45, 7) is 2.19. The van der Waals surface area contributed by atoms with Gasteiger partial charge in [0.05, 0.1) is 6.54 Å². The van der Waals surface area contributed by atoms with E-state index in [1.807, 2.05) is 14.1 Å². The molecule has 0 radical (unpaired) electrons. The first kappa shape index (κ1) is 15.0. The number of amides is 1. The SMILES string of the molecule is CNC1CCC(N(C)CC(=O)Nc2cc(C)on2)CC1. The molecule has 2 rings (SSSR count). The molecule has 0 spiro atoms. The number of anilines is 1. The van der Waals surface area contributed by atoms with E-state index in [0.717, 1.165) is 12.8 Å². The van der Waals surface area contributed by atoms with Crippen molar-refractivity contribution in [3.8, 4) is 0 Å². The predicted octanol–water partition coefficient (Wildman–Crippen LogP) is 1.38. The molecule has 0 saturated heterocycles. The number of hydrogen-bond acceptors (Lipinski definition) is 5. The molecule has 0 aromatic carbocycles. The number of hydrogen-bond donors (Lipinski definition) is 2.